The maximum atomic E-state index is 11.4. The summed E-state index contributed by atoms with van der Waals surface area (Å²) in [5, 5.41) is 0. The topological polar surface area (TPSA) is 43.1 Å². The molecular weight excluding hydrogens is 194 g/mol. The van der Waals surface area contributed by atoms with Crippen LogP contribution in [0, 0.1) is 13.8 Å². The molecule has 0 spiro atoms. The van der Waals surface area contributed by atoms with Crippen LogP contribution in [-0.4, -0.2) is 16.5 Å². The largest absolute Gasteiger partial charge is 0.330 e. The summed E-state index contributed by atoms with van der Waals surface area (Å²) in [6, 6.07) is 6.21. The fourth-order valence-corrected chi connectivity index (χ4v) is 2.24. The van der Waals surface area contributed by atoms with Gasteiger partial charge in [-0.2, -0.15) is 0 Å². The predicted octanol–water partition coefficient (Wildman–Crippen LogP) is 1.51. The Morgan fingerprint density at radius 2 is 2.00 bits per heavy atom. The van der Waals surface area contributed by atoms with Crippen molar-refractivity contribution in [2.75, 3.05) is 12.3 Å². The molecular formula is C11H17NOS. The first-order chi connectivity index (χ1) is 6.63. The molecule has 0 radical (unpaired) electrons. The minimum absolute atomic E-state index is 0.497. The minimum Gasteiger partial charge on any atom is -0.330 e. The van der Waals surface area contributed by atoms with Gasteiger partial charge in [0, 0.05) is 28.9 Å². The SMILES string of the molecule is Cc1ccc(CS(=O)CCN)cc1C. The normalized spacial score (nSPS) is 12.8. The molecule has 0 fully saturated rings. The number of aryl methyl sites for hydroxylation is 2. The summed E-state index contributed by atoms with van der Waals surface area (Å²) in [5.41, 5.74) is 9.02. The van der Waals surface area contributed by atoms with Gasteiger partial charge < -0.3 is 5.73 Å². The van der Waals surface area contributed by atoms with Gasteiger partial charge in [0.2, 0.25) is 0 Å². The zero-order valence-electron chi connectivity index (χ0n) is 8.75. The van der Waals surface area contributed by atoms with E-state index < -0.39 is 10.8 Å². The summed E-state index contributed by atoms with van der Waals surface area (Å²) in [4.78, 5) is 0. The molecule has 14 heavy (non-hydrogen) atoms. The van der Waals surface area contributed by atoms with Gasteiger partial charge in [0.1, 0.15) is 0 Å². The van der Waals surface area contributed by atoms with Crippen LogP contribution >= 0.6 is 0 Å². The van der Waals surface area contributed by atoms with E-state index >= 15 is 0 Å². The summed E-state index contributed by atoms with van der Waals surface area (Å²) >= 11 is 0. The molecule has 0 saturated heterocycles. The van der Waals surface area contributed by atoms with E-state index in [-0.39, 0.29) is 0 Å². The van der Waals surface area contributed by atoms with E-state index in [2.05, 4.69) is 26.0 Å². The van der Waals surface area contributed by atoms with Gasteiger partial charge in [0.15, 0.2) is 0 Å². The van der Waals surface area contributed by atoms with E-state index in [0.717, 1.165) is 5.56 Å². The third-order valence-electron chi connectivity index (χ3n) is 2.24. The molecule has 2 N–H and O–H groups in total. The lowest BCUT2D eigenvalue weighted by molar-refractivity contribution is 0.682. The summed E-state index contributed by atoms with van der Waals surface area (Å²) < 4.78 is 11.4. The lowest BCUT2D eigenvalue weighted by atomic mass is 10.1. The van der Waals surface area contributed by atoms with Crippen LogP contribution in [0.4, 0.5) is 0 Å². The highest BCUT2D eigenvalue weighted by molar-refractivity contribution is 7.84. The van der Waals surface area contributed by atoms with E-state index in [4.69, 9.17) is 5.73 Å². The highest BCUT2D eigenvalue weighted by Gasteiger charge is 2.01. The lowest BCUT2D eigenvalue weighted by Gasteiger charge is -2.04. The summed E-state index contributed by atoms with van der Waals surface area (Å²) in [5.74, 6) is 1.21. The first-order valence-corrected chi connectivity index (χ1v) is 6.23. The molecule has 1 atom stereocenters. The number of nitrogens with two attached hydrogens (primary N) is 1. The Morgan fingerprint density at radius 1 is 1.29 bits per heavy atom. The Hall–Kier alpha value is -0.670. The maximum absolute atomic E-state index is 11.4. The lowest BCUT2D eigenvalue weighted by Crippen LogP contribution is -2.11. The van der Waals surface area contributed by atoms with Crippen LogP contribution in [0.25, 0.3) is 0 Å². The maximum Gasteiger partial charge on any atom is 0.0486 e. The highest BCUT2D eigenvalue weighted by atomic mass is 32.2. The molecule has 78 valence electrons. The van der Waals surface area contributed by atoms with Crippen molar-refractivity contribution in [2.45, 2.75) is 19.6 Å². The molecule has 2 nitrogen and oxygen atoms in total. The van der Waals surface area contributed by atoms with Crippen LogP contribution in [0.5, 0.6) is 0 Å². The zero-order valence-corrected chi connectivity index (χ0v) is 9.56. The molecule has 0 saturated carbocycles. The van der Waals surface area contributed by atoms with Crippen LogP contribution in [0.2, 0.25) is 0 Å². The van der Waals surface area contributed by atoms with Gasteiger partial charge in [-0.25, -0.2) is 0 Å². The Morgan fingerprint density at radius 3 is 2.57 bits per heavy atom. The van der Waals surface area contributed by atoms with Gasteiger partial charge in [0.05, 0.1) is 0 Å². The van der Waals surface area contributed by atoms with E-state index in [1.165, 1.54) is 11.1 Å². The molecule has 1 rings (SSSR count). The van der Waals surface area contributed by atoms with Crippen molar-refractivity contribution in [3.8, 4) is 0 Å². The Labute approximate surface area is 88.0 Å². The fraction of sp³-hybridized carbons (Fsp3) is 0.455. The van der Waals surface area contributed by atoms with Crippen molar-refractivity contribution in [3.63, 3.8) is 0 Å². The number of hydrogen-bond donors (Lipinski definition) is 1. The van der Waals surface area contributed by atoms with E-state index in [1.807, 2.05) is 6.07 Å². The molecule has 0 aliphatic rings. The van der Waals surface area contributed by atoms with Gasteiger partial charge in [-0.05, 0) is 30.5 Å². The van der Waals surface area contributed by atoms with Gasteiger partial charge in [0.25, 0.3) is 0 Å². The molecule has 0 amide bonds. The van der Waals surface area contributed by atoms with Gasteiger partial charge in [-0.1, -0.05) is 18.2 Å². The van der Waals surface area contributed by atoms with Crippen LogP contribution in [0.15, 0.2) is 18.2 Å². The van der Waals surface area contributed by atoms with E-state index in [9.17, 15) is 4.21 Å². The third kappa shape index (κ3) is 3.24. The van der Waals surface area contributed by atoms with E-state index in [0.29, 0.717) is 18.1 Å². The summed E-state index contributed by atoms with van der Waals surface area (Å²) in [6.07, 6.45) is 0. The van der Waals surface area contributed by atoms with Crippen LogP contribution in [-0.2, 0) is 16.6 Å². The zero-order chi connectivity index (χ0) is 10.6. The van der Waals surface area contributed by atoms with Gasteiger partial charge in [-0.15, -0.1) is 0 Å². The third-order valence-corrected chi connectivity index (χ3v) is 3.59. The molecule has 0 aliphatic heterocycles. The van der Waals surface area contributed by atoms with Crippen molar-refractivity contribution in [2.24, 2.45) is 5.73 Å². The molecule has 1 aromatic rings. The van der Waals surface area contributed by atoms with Gasteiger partial charge >= 0.3 is 0 Å². The monoisotopic (exact) mass is 211 g/mol. The Bertz CT molecular complexity index is 336. The molecule has 1 aromatic carbocycles. The average molecular weight is 211 g/mol. The number of benzene rings is 1. The molecule has 0 heterocycles. The van der Waals surface area contributed by atoms with Crippen LogP contribution in [0.3, 0.4) is 0 Å². The number of hydrogen-bond acceptors (Lipinski definition) is 2. The second-order valence-corrected chi connectivity index (χ2v) is 5.07. The molecule has 0 aromatic heterocycles. The van der Waals surface area contributed by atoms with Crippen molar-refractivity contribution in [3.05, 3.63) is 34.9 Å². The second kappa shape index (κ2) is 5.27. The predicted molar refractivity (Wildman–Crippen MR) is 61.7 cm³/mol. The smallest absolute Gasteiger partial charge is 0.0486 e. The standard InChI is InChI=1S/C11H17NOS/c1-9-3-4-11(7-10(9)2)8-14(13)6-5-12/h3-4,7H,5-6,8,12H2,1-2H3. The minimum atomic E-state index is -0.811. The van der Waals surface area contributed by atoms with Crippen LogP contribution < -0.4 is 5.73 Å². The summed E-state index contributed by atoms with van der Waals surface area (Å²) in [7, 11) is -0.811. The average Bonchev–Trinajstić information content (AvgIpc) is 2.12. The first-order valence-electron chi connectivity index (χ1n) is 4.74. The van der Waals surface area contributed by atoms with Crippen molar-refractivity contribution >= 4 is 10.8 Å². The quantitative estimate of drug-likeness (QED) is 0.820. The molecule has 3 heteroatoms. The number of rotatable bonds is 4. The fourth-order valence-electron chi connectivity index (χ4n) is 1.28. The first kappa shape index (κ1) is 11.4. The van der Waals surface area contributed by atoms with E-state index in [1.54, 1.807) is 0 Å². The second-order valence-electron chi connectivity index (χ2n) is 3.50. The Balaban J connectivity index is 2.68. The molecule has 1 unspecified atom stereocenters. The highest BCUT2D eigenvalue weighted by Crippen LogP contribution is 2.11. The molecule has 0 aliphatic carbocycles. The molecule has 0 bridgehead atoms. The van der Waals surface area contributed by atoms with Crippen LogP contribution in [0.1, 0.15) is 16.7 Å². The van der Waals surface area contributed by atoms with Crippen molar-refractivity contribution < 1.29 is 4.21 Å². The summed E-state index contributed by atoms with van der Waals surface area (Å²) in [6.45, 7) is 4.65. The van der Waals surface area contributed by atoms with Crippen molar-refractivity contribution in [1.29, 1.82) is 0 Å². The Kier molecular flexibility index (Phi) is 4.29. The van der Waals surface area contributed by atoms with Gasteiger partial charge in [-0.3, -0.25) is 4.21 Å². The van der Waals surface area contributed by atoms with Crippen molar-refractivity contribution in [1.82, 2.24) is 0 Å².